The number of carboxylic acid groups (broad SMARTS) is 1. The van der Waals surface area contributed by atoms with Gasteiger partial charge in [0.15, 0.2) is 0 Å². The molecule has 0 amide bonds. The highest BCUT2D eigenvalue weighted by atomic mass is 16.4. The maximum Gasteiger partial charge on any atom is 0.331 e. The third-order valence-corrected chi connectivity index (χ3v) is 2.82. The van der Waals surface area contributed by atoms with Crippen LogP contribution in [0.25, 0.3) is 0 Å². The summed E-state index contributed by atoms with van der Waals surface area (Å²) in [6.07, 6.45) is 12.2. The summed E-state index contributed by atoms with van der Waals surface area (Å²) >= 11 is 0. The summed E-state index contributed by atoms with van der Waals surface area (Å²) in [5, 5.41) is 8.92. The zero-order valence-electron chi connectivity index (χ0n) is 8.80. The van der Waals surface area contributed by atoms with Crippen LogP contribution >= 0.6 is 0 Å². The summed E-state index contributed by atoms with van der Waals surface area (Å²) in [5.74, 6) is -0.718. The first-order valence-electron chi connectivity index (χ1n) is 5.73. The van der Waals surface area contributed by atoms with Crippen LogP contribution in [0.3, 0.4) is 0 Å². The number of hydrogen-bond acceptors (Lipinski definition) is 1. The molecule has 2 heteroatoms. The first-order valence-corrected chi connectivity index (χ1v) is 5.73. The van der Waals surface area contributed by atoms with E-state index in [0.717, 1.165) is 25.7 Å². The fourth-order valence-corrected chi connectivity index (χ4v) is 1.92. The minimum atomic E-state index is -0.718. The number of aliphatic carboxylic acids is 1. The lowest BCUT2D eigenvalue weighted by Gasteiger charge is -2.01. The normalized spacial score (nSPS) is 24.4. The molecule has 14 heavy (non-hydrogen) atoms. The molecule has 0 atom stereocenters. The summed E-state index contributed by atoms with van der Waals surface area (Å²) in [6, 6.07) is 0. The molecule has 1 aliphatic carbocycles. The minimum Gasteiger partial charge on any atom is -0.478 e. The molecule has 0 unspecified atom stereocenters. The Balaban J connectivity index is 2.44. The van der Waals surface area contributed by atoms with Crippen molar-refractivity contribution in [1.82, 2.24) is 0 Å². The van der Waals surface area contributed by atoms with Gasteiger partial charge in [0, 0.05) is 5.57 Å². The van der Waals surface area contributed by atoms with Crippen molar-refractivity contribution in [3.05, 3.63) is 11.6 Å². The van der Waals surface area contributed by atoms with Gasteiger partial charge in [-0.1, -0.05) is 38.2 Å². The first kappa shape index (κ1) is 11.3. The predicted molar refractivity (Wildman–Crippen MR) is 57.3 cm³/mol. The van der Waals surface area contributed by atoms with Gasteiger partial charge in [0.2, 0.25) is 0 Å². The van der Waals surface area contributed by atoms with Gasteiger partial charge in [-0.3, -0.25) is 0 Å². The van der Waals surface area contributed by atoms with Crippen molar-refractivity contribution in [2.75, 3.05) is 0 Å². The second-order valence-corrected chi connectivity index (χ2v) is 4.05. The predicted octanol–water partition coefficient (Wildman–Crippen LogP) is 3.52. The third-order valence-electron chi connectivity index (χ3n) is 2.82. The summed E-state index contributed by atoms with van der Waals surface area (Å²) in [5.41, 5.74) is 0.631. The van der Waals surface area contributed by atoms with E-state index in [2.05, 4.69) is 0 Å². The Hall–Kier alpha value is -0.790. The zero-order chi connectivity index (χ0) is 10.2. The number of carboxylic acids is 1. The van der Waals surface area contributed by atoms with Gasteiger partial charge < -0.3 is 5.11 Å². The molecule has 0 radical (unpaired) electrons. The van der Waals surface area contributed by atoms with Crippen LogP contribution in [0.15, 0.2) is 11.6 Å². The zero-order valence-corrected chi connectivity index (χ0v) is 8.80. The SMILES string of the molecule is O=C(O)/C1=C/CCCCCCCCC1. The Bertz CT molecular complexity index is 206. The summed E-state index contributed by atoms with van der Waals surface area (Å²) in [7, 11) is 0. The molecule has 0 saturated heterocycles. The molecule has 0 aromatic carbocycles. The van der Waals surface area contributed by atoms with Crippen molar-refractivity contribution in [2.45, 2.75) is 57.8 Å². The van der Waals surface area contributed by atoms with E-state index in [1.165, 1.54) is 32.1 Å². The van der Waals surface area contributed by atoms with Crippen LogP contribution in [0.5, 0.6) is 0 Å². The highest BCUT2D eigenvalue weighted by Crippen LogP contribution is 2.16. The molecular formula is C12H20O2. The second kappa shape index (κ2) is 6.63. The quantitative estimate of drug-likeness (QED) is 0.696. The lowest BCUT2D eigenvalue weighted by Crippen LogP contribution is -2.00. The molecule has 0 heterocycles. The Morgan fingerprint density at radius 3 is 2.21 bits per heavy atom. The maximum absolute atomic E-state index is 10.8. The van der Waals surface area contributed by atoms with Crippen molar-refractivity contribution < 1.29 is 9.90 Å². The van der Waals surface area contributed by atoms with Crippen molar-refractivity contribution in [1.29, 1.82) is 0 Å². The van der Waals surface area contributed by atoms with E-state index in [-0.39, 0.29) is 0 Å². The molecule has 0 aromatic rings. The molecule has 0 aromatic heterocycles. The van der Waals surface area contributed by atoms with E-state index in [1.54, 1.807) is 0 Å². The van der Waals surface area contributed by atoms with Gasteiger partial charge in [0.1, 0.15) is 0 Å². The van der Waals surface area contributed by atoms with E-state index in [4.69, 9.17) is 5.11 Å². The monoisotopic (exact) mass is 196 g/mol. The number of carbonyl (C=O) groups is 1. The molecule has 1 aliphatic rings. The summed E-state index contributed by atoms with van der Waals surface area (Å²) in [4.78, 5) is 10.8. The molecule has 0 spiro atoms. The average Bonchev–Trinajstić information content (AvgIpc) is 2.21. The second-order valence-electron chi connectivity index (χ2n) is 4.05. The Morgan fingerprint density at radius 2 is 1.57 bits per heavy atom. The molecule has 2 nitrogen and oxygen atoms in total. The van der Waals surface area contributed by atoms with Crippen molar-refractivity contribution in [3.63, 3.8) is 0 Å². The minimum absolute atomic E-state index is 0.631. The Morgan fingerprint density at radius 1 is 1.00 bits per heavy atom. The fourth-order valence-electron chi connectivity index (χ4n) is 1.92. The standard InChI is InChI=1S/C12H20O2/c13-12(14)11-9-7-5-3-1-2-4-6-8-10-11/h9H,1-8,10H2,(H,13,14)/b11-9+. The van der Waals surface area contributed by atoms with E-state index < -0.39 is 5.97 Å². The number of rotatable bonds is 1. The van der Waals surface area contributed by atoms with Gasteiger partial charge in [-0.2, -0.15) is 0 Å². The number of hydrogen-bond donors (Lipinski definition) is 1. The van der Waals surface area contributed by atoms with Gasteiger partial charge >= 0.3 is 5.97 Å². The van der Waals surface area contributed by atoms with Gasteiger partial charge in [-0.15, -0.1) is 0 Å². The van der Waals surface area contributed by atoms with Crippen LogP contribution < -0.4 is 0 Å². The van der Waals surface area contributed by atoms with E-state index in [0.29, 0.717) is 5.57 Å². The van der Waals surface area contributed by atoms with Gasteiger partial charge in [0.25, 0.3) is 0 Å². The highest BCUT2D eigenvalue weighted by molar-refractivity contribution is 5.86. The van der Waals surface area contributed by atoms with Crippen LogP contribution in [-0.2, 0) is 4.79 Å². The van der Waals surface area contributed by atoms with Gasteiger partial charge in [-0.05, 0) is 25.7 Å². The summed E-state index contributed by atoms with van der Waals surface area (Å²) in [6.45, 7) is 0. The number of allylic oxidation sites excluding steroid dienone is 1. The molecule has 0 bridgehead atoms. The molecule has 80 valence electrons. The van der Waals surface area contributed by atoms with Gasteiger partial charge in [0.05, 0.1) is 0 Å². The first-order chi connectivity index (χ1) is 6.80. The fraction of sp³-hybridized carbons (Fsp3) is 0.750. The van der Waals surface area contributed by atoms with Crippen molar-refractivity contribution in [2.24, 2.45) is 0 Å². The van der Waals surface area contributed by atoms with E-state index >= 15 is 0 Å². The Kier molecular flexibility index (Phi) is 5.35. The Labute approximate surface area is 86.0 Å². The maximum atomic E-state index is 10.8. The van der Waals surface area contributed by atoms with Gasteiger partial charge in [-0.25, -0.2) is 4.79 Å². The largest absolute Gasteiger partial charge is 0.478 e. The van der Waals surface area contributed by atoms with Crippen molar-refractivity contribution in [3.8, 4) is 0 Å². The molecule has 0 fully saturated rings. The van der Waals surface area contributed by atoms with Crippen LogP contribution in [0, 0.1) is 0 Å². The highest BCUT2D eigenvalue weighted by Gasteiger charge is 2.06. The van der Waals surface area contributed by atoms with Crippen LogP contribution in [0.4, 0.5) is 0 Å². The lowest BCUT2D eigenvalue weighted by molar-refractivity contribution is -0.132. The molecule has 0 aliphatic heterocycles. The smallest absolute Gasteiger partial charge is 0.331 e. The van der Waals surface area contributed by atoms with Crippen molar-refractivity contribution >= 4 is 5.97 Å². The van der Waals surface area contributed by atoms with E-state index in [1.807, 2.05) is 6.08 Å². The topological polar surface area (TPSA) is 37.3 Å². The third kappa shape index (κ3) is 4.45. The molecular weight excluding hydrogens is 176 g/mol. The molecule has 0 saturated carbocycles. The lowest BCUT2D eigenvalue weighted by atomic mass is 10.1. The summed E-state index contributed by atoms with van der Waals surface area (Å²) < 4.78 is 0. The van der Waals surface area contributed by atoms with Crippen LogP contribution in [-0.4, -0.2) is 11.1 Å². The average molecular weight is 196 g/mol. The van der Waals surface area contributed by atoms with Crippen LogP contribution in [0.1, 0.15) is 57.8 Å². The molecule has 1 rings (SSSR count). The van der Waals surface area contributed by atoms with E-state index in [9.17, 15) is 4.79 Å². The molecule has 1 N–H and O–H groups in total. The van der Waals surface area contributed by atoms with Crippen LogP contribution in [0.2, 0.25) is 0 Å².